The van der Waals surface area contributed by atoms with Gasteiger partial charge in [-0.1, -0.05) is 12.1 Å². The van der Waals surface area contributed by atoms with Gasteiger partial charge in [0.1, 0.15) is 0 Å². The average Bonchev–Trinajstić information content (AvgIpc) is 2.72. The Morgan fingerprint density at radius 3 is 2.19 bits per heavy atom. The molecule has 0 unspecified atom stereocenters. The molecule has 0 bridgehead atoms. The van der Waals surface area contributed by atoms with Crippen LogP contribution in [0.25, 0.3) is 0 Å². The molecule has 7 nitrogen and oxygen atoms in total. The van der Waals surface area contributed by atoms with Crippen molar-refractivity contribution in [1.29, 1.82) is 0 Å². The van der Waals surface area contributed by atoms with Gasteiger partial charge in [0.25, 0.3) is 5.91 Å². The topological polar surface area (TPSA) is 79.3 Å². The first-order valence-electron chi connectivity index (χ1n) is 8.70. The van der Waals surface area contributed by atoms with E-state index in [0.717, 1.165) is 5.69 Å². The lowest BCUT2D eigenvalue weighted by atomic mass is 10.2. The molecule has 1 aliphatic heterocycles. The van der Waals surface area contributed by atoms with Gasteiger partial charge < -0.3 is 24.4 Å². The van der Waals surface area contributed by atoms with Crippen LogP contribution in [0.1, 0.15) is 10.4 Å². The Bertz CT molecular complexity index is 798. The largest absolute Gasteiger partial charge is 0.493 e. The Morgan fingerprint density at radius 2 is 1.59 bits per heavy atom. The van der Waals surface area contributed by atoms with Crippen LogP contribution in [0.3, 0.4) is 0 Å². The molecule has 2 aromatic rings. The van der Waals surface area contributed by atoms with Crippen molar-refractivity contribution in [2.45, 2.75) is 0 Å². The van der Waals surface area contributed by atoms with Crippen LogP contribution in [0.4, 0.5) is 5.69 Å². The number of aromatic carboxylic acids is 1. The molecule has 27 heavy (non-hydrogen) atoms. The van der Waals surface area contributed by atoms with E-state index >= 15 is 0 Å². The number of benzene rings is 2. The van der Waals surface area contributed by atoms with Crippen LogP contribution in [0.15, 0.2) is 48.5 Å². The van der Waals surface area contributed by atoms with Crippen LogP contribution < -0.4 is 14.4 Å². The number of amides is 1. The Kier molecular flexibility index (Phi) is 5.80. The van der Waals surface area contributed by atoms with Crippen LogP contribution in [-0.4, -0.2) is 61.8 Å². The Hall–Kier alpha value is -3.22. The van der Waals surface area contributed by atoms with E-state index < -0.39 is 5.97 Å². The van der Waals surface area contributed by atoms with E-state index in [9.17, 15) is 9.59 Å². The van der Waals surface area contributed by atoms with Gasteiger partial charge in [-0.05, 0) is 36.4 Å². The molecule has 1 saturated heterocycles. The molecule has 0 spiro atoms. The monoisotopic (exact) mass is 370 g/mol. The van der Waals surface area contributed by atoms with Gasteiger partial charge in [-0.15, -0.1) is 0 Å². The van der Waals surface area contributed by atoms with Crippen LogP contribution in [0.2, 0.25) is 0 Å². The van der Waals surface area contributed by atoms with E-state index in [1.165, 1.54) is 0 Å². The van der Waals surface area contributed by atoms with Crippen molar-refractivity contribution in [3.63, 3.8) is 0 Å². The third-order valence-corrected chi connectivity index (χ3v) is 4.53. The number of methoxy groups -OCH3 is 1. The van der Waals surface area contributed by atoms with Crippen molar-refractivity contribution in [1.82, 2.24) is 4.90 Å². The second kappa shape index (κ2) is 8.44. The lowest BCUT2D eigenvalue weighted by Gasteiger charge is -2.36. The number of carbonyl (C=O) groups excluding carboxylic acids is 1. The minimum Gasteiger partial charge on any atom is -0.493 e. The highest BCUT2D eigenvalue weighted by molar-refractivity contribution is 5.88. The molecule has 1 amide bonds. The molecule has 0 saturated carbocycles. The fourth-order valence-corrected chi connectivity index (χ4v) is 3.00. The minimum atomic E-state index is -0.938. The van der Waals surface area contributed by atoms with Crippen molar-refractivity contribution in [3.8, 4) is 11.5 Å². The van der Waals surface area contributed by atoms with E-state index in [1.54, 1.807) is 48.4 Å². The molecular weight excluding hydrogens is 348 g/mol. The molecule has 7 heteroatoms. The summed E-state index contributed by atoms with van der Waals surface area (Å²) in [5.74, 6) is 0.138. The number of carbonyl (C=O) groups is 2. The summed E-state index contributed by atoms with van der Waals surface area (Å²) in [5, 5.41) is 8.97. The summed E-state index contributed by atoms with van der Waals surface area (Å²) in [6.45, 7) is 2.52. The summed E-state index contributed by atoms with van der Waals surface area (Å²) >= 11 is 0. The van der Waals surface area contributed by atoms with Gasteiger partial charge in [0.15, 0.2) is 18.1 Å². The van der Waals surface area contributed by atoms with E-state index in [2.05, 4.69) is 4.90 Å². The van der Waals surface area contributed by atoms with Crippen molar-refractivity contribution in [2.24, 2.45) is 0 Å². The normalized spacial score (nSPS) is 14.0. The third kappa shape index (κ3) is 4.49. The molecule has 0 aromatic heterocycles. The molecule has 1 N–H and O–H groups in total. The number of piperazine rings is 1. The van der Waals surface area contributed by atoms with E-state index in [1.807, 2.05) is 12.1 Å². The van der Waals surface area contributed by atoms with Gasteiger partial charge in [-0.25, -0.2) is 4.79 Å². The maximum atomic E-state index is 12.4. The fraction of sp³-hybridized carbons (Fsp3) is 0.300. The molecule has 0 atom stereocenters. The molecule has 2 aromatic carbocycles. The van der Waals surface area contributed by atoms with Crippen LogP contribution >= 0.6 is 0 Å². The number of anilines is 1. The standard InChI is InChI=1S/C20H22N2O5/c1-26-17-4-2-3-5-18(17)27-14-19(23)22-12-10-21(11-13-22)16-8-6-15(7-9-16)20(24)25/h2-9H,10-14H2,1H3,(H,24,25). The minimum absolute atomic E-state index is 0.0340. The maximum absolute atomic E-state index is 12.4. The van der Waals surface area contributed by atoms with Crippen molar-refractivity contribution >= 4 is 17.6 Å². The lowest BCUT2D eigenvalue weighted by molar-refractivity contribution is -0.133. The Labute approximate surface area is 157 Å². The Morgan fingerprint density at radius 1 is 0.963 bits per heavy atom. The number of hydrogen-bond acceptors (Lipinski definition) is 5. The summed E-state index contributed by atoms with van der Waals surface area (Å²) in [6.07, 6.45) is 0. The number of rotatable bonds is 6. The van der Waals surface area contributed by atoms with Gasteiger partial charge >= 0.3 is 5.97 Å². The highest BCUT2D eigenvalue weighted by atomic mass is 16.5. The zero-order chi connectivity index (χ0) is 19.2. The molecule has 1 heterocycles. The first-order valence-corrected chi connectivity index (χ1v) is 8.70. The quantitative estimate of drug-likeness (QED) is 0.839. The predicted octanol–water partition coefficient (Wildman–Crippen LogP) is 2.12. The van der Waals surface area contributed by atoms with E-state index in [0.29, 0.717) is 37.7 Å². The van der Waals surface area contributed by atoms with E-state index in [-0.39, 0.29) is 18.1 Å². The van der Waals surface area contributed by atoms with Crippen LogP contribution in [-0.2, 0) is 4.79 Å². The number of ether oxygens (including phenoxy) is 2. The second-order valence-corrected chi connectivity index (χ2v) is 6.16. The third-order valence-electron chi connectivity index (χ3n) is 4.53. The number of carboxylic acid groups (broad SMARTS) is 1. The fourth-order valence-electron chi connectivity index (χ4n) is 3.00. The summed E-state index contributed by atoms with van der Waals surface area (Å²) in [7, 11) is 1.56. The molecule has 1 aliphatic rings. The Balaban J connectivity index is 1.51. The zero-order valence-electron chi connectivity index (χ0n) is 15.1. The van der Waals surface area contributed by atoms with Gasteiger partial charge in [0, 0.05) is 31.9 Å². The van der Waals surface area contributed by atoms with Gasteiger partial charge in [0.05, 0.1) is 12.7 Å². The van der Waals surface area contributed by atoms with Gasteiger partial charge in [-0.3, -0.25) is 4.79 Å². The van der Waals surface area contributed by atoms with Crippen molar-refractivity contribution in [2.75, 3.05) is 44.8 Å². The van der Waals surface area contributed by atoms with Crippen molar-refractivity contribution in [3.05, 3.63) is 54.1 Å². The summed E-state index contributed by atoms with van der Waals surface area (Å²) < 4.78 is 10.8. The smallest absolute Gasteiger partial charge is 0.335 e. The number of para-hydroxylation sites is 2. The highest BCUT2D eigenvalue weighted by Crippen LogP contribution is 2.25. The average molecular weight is 370 g/mol. The number of hydrogen-bond donors (Lipinski definition) is 1. The van der Waals surface area contributed by atoms with E-state index in [4.69, 9.17) is 14.6 Å². The number of carboxylic acids is 1. The number of nitrogens with zero attached hydrogens (tertiary/aromatic N) is 2. The zero-order valence-corrected chi connectivity index (χ0v) is 15.1. The molecule has 142 valence electrons. The van der Waals surface area contributed by atoms with Crippen LogP contribution in [0.5, 0.6) is 11.5 Å². The summed E-state index contributed by atoms with van der Waals surface area (Å²) in [6, 6.07) is 14.0. The highest BCUT2D eigenvalue weighted by Gasteiger charge is 2.22. The molecule has 0 radical (unpaired) electrons. The molecule has 1 fully saturated rings. The molecule has 0 aliphatic carbocycles. The lowest BCUT2D eigenvalue weighted by Crippen LogP contribution is -2.50. The van der Waals surface area contributed by atoms with Crippen LogP contribution in [0, 0.1) is 0 Å². The predicted molar refractivity (Wildman–Crippen MR) is 101 cm³/mol. The SMILES string of the molecule is COc1ccccc1OCC(=O)N1CCN(c2ccc(C(=O)O)cc2)CC1. The summed E-state index contributed by atoms with van der Waals surface area (Å²) in [5.41, 5.74) is 1.22. The summed E-state index contributed by atoms with van der Waals surface area (Å²) in [4.78, 5) is 27.3. The molecule has 3 rings (SSSR count). The van der Waals surface area contributed by atoms with Gasteiger partial charge in [-0.2, -0.15) is 0 Å². The van der Waals surface area contributed by atoms with Crippen molar-refractivity contribution < 1.29 is 24.2 Å². The second-order valence-electron chi connectivity index (χ2n) is 6.16. The van der Waals surface area contributed by atoms with Gasteiger partial charge in [0.2, 0.25) is 0 Å². The maximum Gasteiger partial charge on any atom is 0.335 e. The first-order chi connectivity index (χ1) is 13.1. The first kappa shape index (κ1) is 18.6. The molecular formula is C20H22N2O5.